The molecule has 1 aromatic heterocycles. The number of halogens is 2. The van der Waals surface area contributed by atoms with Crippen LogP contribution in [0.15, 0.2) is 33.2 Å². The third-order valence-corrected chi connectivity index (χ3v) is 6.04. The molecule has 0 amide bonds. The highest BCUT2D eigenvalue weighted by molar-refractivity contribution is 9.11. The van der Waals surface area contributed by atoms with Crippen LogP contribution in [-0.2, 0) is 0 Å². The van der Waals surface area contributed by atoms with Crippen LogP contribution in [0.2, 0.25) is 0 Å². The largest absolute Gasteiger partial charge is 0.309 e. The van der Waals surface area contributed by atoms with Crippen molar-refractivity contribution < 1.29 is 0 Å². The molecule has 1 heterocycles. The van der Waals surface area contributed by atoms with E-state index in [0.29, 0.717) is 0 Å². The minimum atomic E-state index is 0.215. The second kappa shape index (κ2) is 5.87. The van der Waals surface area contributed by atoms with E-state index in [9.17, 15) is 0 Å². The fraction of sp³-hybridized carbons (Fsp3) is 0.286. The van der Waals surface area contributed by atoms with Crippen LogP contribution in [0.25, 0.3) is 0 Å². The van der Waals surface area contributed by atoms with Crippen LogP contribution >= 0.6 is 43.2 Å². The van der Waals surface area contributed by atoms with E-state index in [1.165, 1.54) is 29.8 Å². The highest BCUT2D eigenvalue weighted by Gasteiger charge is 2.20. The first-order valence-corrected chi connectivity index (χ1v) is 8.13. The van der Waals surface area contributed by atoms with Gasteiger partial charge in [-0.2, -0.15) is 0 Å². The Labute approximate surface area is 129 Å². The molecule has 2 aromatic rings. The lowest BCUT2D eigenvalue weighted by molar-refractivity contribution is 0.698. The van der Waals surface area contributed by atoms with Crippen LogP contribution in [0.4, 0.5) is 0 Å². The number of rotatable bonds is 3. The lowest BCUT2D eigenvalue weighted by Crippen LogP contribution is -2.17. The normalized spacial score (nSPS) is 12.7. The molecular weight excluding hydrogens is 374 g/mol. The molecule has 0 aliphatic carbocycles. The molecule has 0 spiro atoms. The van der Waals surface area contributed by atoms with E-state index in [-0.39, 0.29) is 6.04 Å². The van der Waals surface area contributed by atoms with Gasteiger partial charge in [0.1, 0.15) is 0 Å². The van der Waals surface area contributed by atoms with Crippen LogP contribution in [0.3, 0.4) is 0 Å². The maximum absolute atomic E-state index is 3.70. The zero-order chi connectivity index (χ0) is 13.3. The molecule has 2 rings (SSSR count). The maximum atomic E-state index is 3.70. The Morgan fingerprint density at radius 3 is 2.50 bits per heavy atom. The van der Waals surface area contributed by atoms with Gasteiger partial charge in [-0.25, -0.2) is 0 Å². The van der Waals surface area contributed by atoms with E-state index in [2.05, 4.69) is 75.3 Å². The smallest absolute Gasteiger partial charge is 0.0691 e. The Balaban J connectivity index is 2.52. The summed E-state index contributed by atoms with van der Waals surface area (Å²) in [7, 11) is 2.00. The molecule has 0 aliphatic heterocycles. The average Bonchev–Trinajstić information content (AvgIpc) is 2.65. The maximum Gasteiger partial charge on any atom is 0.0691 e. The van der Waals surface area contributed by atoms with Gasteiger partial charge in [-0.1, -0.05) is 34.1 Å². The van der Waals surface area contributed by atoms with E-state index >= 15 is 0 Å². The molecule has 1 unspecified atom stereocenters. The Hall–Kier alpha value is -0.160. The van der Waals surface area contributed by atoms with Gasteiger partial charge in [0.2, 0.25) is 0 Å². The Morgan fingerprint density at radius 1 is 1.22 bits per heavy atom. The average molecular weight is 389 g/mol. The fourth-order valence-corrected chi connectivity index (χ4v) is 4.52. The van der Waals surface area contributed by atoms with Crippen LogP contribution in [0.1, 0.15) is 26.9 Å². The summed E-state index contributed by atoms with van der Waals surface area (Å²) < 4.78 is 2.36. The first-order chi connectivity index (χ1) is 8.54. The van der Waals surface area contributed by atoms with Gasteiger partial charge in [-0.15, -0.1) is 11.3 Å². The van der Waals surface area contributed by atoms with Crippen molar-refractivity contribution in [3.8, 4) is 0 Å². The molecule has 0 aliphatic rings. The molecular formula is C14H15Br2NS. The minimum Gasteiger partial charge on any atom is -0.309 e. The molecule has 0 saturated carbocycles. The summed E-state index contributed by atoms with van der Waals surface area (Å²) in [6.07, 6.45) is 0. The number of hydrogen-bond donors (Lipinski definition) is 1. The minimum absolute atomic E-state index is 0.215. The molecule has 0 radical (unpaired) electrons. The van der Waals surface area contributed by atoms with Gasteiger partial charge >= 0.3 is 0 Å². The second-order valence-corrected chi connectivity index (χ2v) is 7.20. The van der Waals surface area contributed by atoms with Gasteiger partial charge in [-0.05, 0) is 54.0 Å². The molecule has 4 heteroatoms. The molecule has 1 nitrogen and oxygen atoms in total. The number of thiophene rings is 1. The van der Waals surface area contributed by atoms with E-state index in [0.717, 1.165) is 0 Å². The summed E-state index contributed by atoms with van der Waals surface area (Å²) in [5, 5.41) is 3.41. The first-order valence-electron chi connectivity index (χ1n) is 5.72. The van der Waals surface area contributed by atoms with Gasteiger partial charge in [0.05, 0.1) is 6.04 Å². The molecule has 1 atom stereocenters. The summed E-state index contributed by atoms with van der Waals surface area (Å²) in [5.41, 5.74) is 2.54. The summed E-state index contributed by atoms with van der Waals surface area (Å²) in [6.45, 7) is 4.26. The summed E-state index contributed by atoms with van der Waals surface area (Å²) in [5.74, 6) is 0. The highest BCUT2D eigenvalue weighted by atomic mass is 79.9. The number of hydrogen-bond acceptors (Lipinski definition) is 2. The third-order valence-electron chi connectivity index (χ3n) is 2.92. The van der Waals surface area contributed by atoms with Crippen molar-refractivity contribution in [2.24, 2.45) is 0 Å². The molecule has 18 heavy (non-hydrogen) atoms. The lowest BCUT2D eigenvalue weighted by Gasteiger charge is -2.18. The van der Waals surface area contributed by atoms with Crippen molar-refractivity contribution in [1.82, 2.24) is 5.32 Å². The summed E-state index contributed by atoms with van der Waals surface area (Å²) in [6, 6.07) is 8.78. The van der Waals surface area contributed by atoms with Crippen LogP contribution in [0, 0.1) is 13.8 Å². The molecule has 1 aromatic carbocycles. The SMILES string of the molecule is CNC(c1cccc(C)c1Br)c1sc(C)cc1Br. The van der Waals surface area contributed by atoms with Gasteiger partial charge < -0.3 is 5.32 Å². The van der Waals surface area contributed by atoms with E-state index in [1.54, 1.807) is 0 Å². The number of benzene rings is 1. The van der Waals surface area contributed by atoms with Crippen molar-refractivity contribution in [1.29, 1.82) is 0 Å². The molecule has 1 N–H and O–H groups in total. The Morgan fingerprint density at radius 2 is 1.94 bits per heavy atom. The van der Waals surface area contributed by atoms with Gasteiger partial charge in [0.25, 0.3) is 0 Å². The highest BCUT2D eigenvalue weighted by Crippen LogP contribution is 2.38. The van der Waals surface area contributed by atoms with Crippen LogP contribution in [0.5, 0.6) is 0 Å². The van der Waals surface area contributed by atoms with Crippen molar-refractivity contribution in [3.05, 3.63) is 54.1 Å². The van der Waals surface area contributed by atoms with Crippen molar-refractivity contribution >= 4 is 43.2 Å². The third kappa shape index (κ3) is 2.72. The second-order valence-electron chi connectivity index (χ2n) is 4.27. The zero-order valence-electron chi connectivity index (χ0n) is 10.6. The van der Waals surface area contributed by atoms with Crippen molar-refractivity contribution in [2.75, 3.05) is 7.05 Å². The van der Waals surface area contributed by atoms with E-state index in [4.69, 9.17) is 0 Å². The van der Waals surface area contributed by atoms with Crippen LogP contribution in [-0.4, -0.2) is 7.05 Å². The predicted octanol–water partition coefficient (Wildman–Crippen LogP) is 5.20. The quantitative estimate of drug-likeness (QED) is 0.761. The zero-order valence-corrected chi connectivity index (χ0v) is 14.5. The number of nitrogens with one attached hydrogen (secondary N) is 1. The first kappa shape index (κ1) is 14.3. The fourth-order valence-electron chi connectivity index (χ4n) is 2.02. The topological polar surface area (TPSA) is 12.0 Å². The number of aryl methyl sites for hydroxylation is 2. The summed E-state index contributed by atoms with van der Waals surface area (Å²) >= 11 is 9.18. The van der Waals surface area contributed by atoms with Gasteiger partial charge in [0.15, 0.2) is 0 Å². The molecule has 0 fully saturated rings. The molecule has 0 saturated heterocycles. The predicted molar refractivity (Wildman–Crippen MR) is 86.5 cm³/mol. The van der Waals surface area contributed by atoms with E-state index < -0.39 is 0 Å². The lowest BCUT2D eigenvalue weighted by atomic mass is 10.0. The Bertz CT molecular complexity index is 563. The standard InChI is InChI=1S/C14H15Br2NS/c1-8-5-4-6-10(12(8)16)13(17-3)14-11(15)7-9(2)18-14/h4-7,13,17H,1-3H3. The monoisotopic (exact) mass is 387 g/mol. The van der Waals surface area contributed by atoms with E-state index in [1.807, 2.05) is 18.4 Å². The van der Waals surface area contributed by atoms with Crippen molar-refractivity contribution in [2.45, 2.75) is 19.9 Å². The molecule has 96 valence electrons. The summed E-state index contributed by atoms with van der Waals surface area (Å²) in [4.78, 5) is 2.64. The molecule has 0 bridgehead atoms. The van der Waals surface area contributed by atoms with Gasteiger partial charge in [0, 0.05) is 18.7 Å². The van der Waals surface area contributed by atoms with Gasteiger partial charge in [-0.3, -0.25) is 0 Å². The van der Waals surface area contributed by atoms with Crippen molar-refractivity contribution in [3.63, 3.8) is 0 Å². The Kier molecular flexibility index (Phi) is 4.64. The van der Waals surface area contributed by atoms with Crippen LogP contribution < -0.4 is 5.32 Å².